The SMILES string of the molecule is CC(CC1CCC1)B1OC2CC3CC(C3(C)C)C2(C)O1. The highest BCUT2D eigenvalue weighted by molar-refractivity contribution is 6.47. The molecule has 20 heavy (non-hydrogen) atoms. The predicted octanol–water partition coefficient (Wildman–Crippen LogP) is 4.30. The van der Waals surface area contributed by atoms with Gasteiger partial charge in [0.1, 0.15) is 0 Å². The highest BCUT2D eigenvalue weighted by Gasteiger charge is 2.68. The highest BCUT2D eigenvalue weighted by Crippen LogP contribution is 2.66. The summed E-state index contributed by atoms with van der Waals surface area (Å²) in [5.74, 6) is 3.05. The summed E-state index contributed by atoms with van der Waals surface area (Å²) in [7, 11) is 0.0562. The van der Waals surface area contributed by atoms with E-state index >= 15 is 0 Å². The van der Waals surface area contributed by atoms with E-state index in [1.807, 2.05) is 0 Å². The van der Waals surface area contributed by atoms with E-state index in [9.17, 15) is 0 Å². The van der Waals surface area contributed by atoms with Gasteiger partial charge in [-0.05, 0) is 55.2 Å². The average Bonchev–Trinajstić information content (AvgIpc) is 2.70. The van der Waals surface area contributed by atoms with E-state index in [2.05, 4.69) is 27.7 Å². The van der Waals surface area contributed by atoms with Crippen molar-refractivity contribution in [1.82, 2.24) is 0 Å². The average molecular weight is 276 g/mol. The maximum atomic E-state index is 6.55. The number of hydrogen-bond acceptors (Lipinski definition) is 2. The zero-order valence-corrected chi connectivity index (χ0v) is 13.5. The minimum Gasteiger partial charge on any atom is -0.405 e. The van der Waals surface area contributed by atoms with Crippen LogP contribution >= 0.6 is 0 Å². The van der Waals surface area contributed by atoms with Crippen molar-refractivity contribution in [3.8, 4) is 0 Å². The molecule has 0 aromatic carbocycles. The third-order valence-corrected chi connectivity index (χ3v) is 7.36. The largest absolute Gasteiger partial charge is 0.460 e. The van der Waals surface area contributed by atoms with Gasteiger partial charge in [0.05, 0.1) is 11.7 Å². The third-order valence-electron chi connectivity index (χ3n) is 7.36. The molecule has 2 bridgehead atoms. The molecule has 0 amide bonds. The molecule has 1 heterocycles. The van der Waals surface area contributed by atoms with Crippen molar-refractivity contribution in [1.29, 1.82) is 0 Å². The van der Waals surface area contributed by atoms with E-state index in [1.165, 1.54) is 38.5 Å². The van der Waals surface area contributed by atoms with E-state index in [-0.39, 0.29) is 12.7 Å². The molecule has 1 saturated heterocycles. The summed E-state index contributed by atoms with van der Waals surface area (Å²) >= 11 is 0. The molecule has 4 saturated carbocycles. The summed E-state index contributed by atoms with van der Waals surface area (Å²) < 4.78 is 12.9. The van der Waals surface area contributed by atoms with Gasteiger partial charge in [0.2, 0.25) is 0 Å². The molecular formula is C17H29BO2. The molecule has 5 atom stereocenters. The fourth-order valence-corrected chi connectivity index (χ4v) is 5.51. The first-order chi connectivity index (χ1) is 9.41. The topological polar surface area (TPSA) is 18.5 Å². The first-order valence-corrected chi connectivity index (χ1v) is 8.74. The first kappa shape index (κ1) is 13.6. The van der Waals surface area contributed by atoms with Crippen molar-refractivity contribution in [2.45, 2.75) is 83.7 Å². The maximum absolute atomic E-state index is 6.55. The summed E-state index contributed by atoms with van der Waals surface area (Å²) in [5.41, 5.74) is 0.442. The standard InChI is InChI=1S/C17H29BO2/c1-11(8-12-6-5-7-12)18-19-15-10-13-9-14(16(13,2)3)17(15,4)20-18/h11-15H,5-10H2,1-4H3. The van der Waals surface area contributed by atoms with Crippen LogP contribution in [0.4, 0.5) is 0 Å². The molecule has 0 spiro atoms. The van der Waals surface area contributed by atoms with E-state index in [0.717, 1.165) is 11.8 Å². The van der Waals surface area contributed by atoms with Crippen LogP contribution in [0.25, 0.3) is 0 Å². The van der Waals surface area contributed by atoms with Crippen molar-refractivity contribution >= 4 is 7.12 Å². The Balaban J connectivity index is 1.46. The van der Waals surface area contributed by atoms with Gasteiger partial charge < -0.3 is 9.31 Å². The Morgan fingerprint density at radius 2 is 1.95 bits per heavy atom. The van der Waals surface area contributed by atoms with E-state index in [4.69, 9.17) is 9.31 Å². The molecule has 0 aromatic heterocycles. The Hall–Kier alpha value is -0.0151. The molecule has 5 fully saturated rings. The van der Waals surface area contributed by atoms with Crippen molar-refractivity contribution in [3.63, 3.8) is 0 Å². The Bertz CT molecular complexity index is 406. The van der Waals surface area contributed by atoms with E-state index < -0.39 is 0 Å². The molecule has 0 aromatic rings. The Labute approximate surface area is 124 Å². The smallest absolute Gasteiger partial charge is 0.405 e. The lowest BCUT2D eigenvalue weighted by molar-refractivity contribution is -0.199. The highest BCUT2D eigenvalue weighted by atomic mass is 16.7. The summed E-state index contributed by atoms with van der Waals surface area (Å²) in [6.45, 7) is 9.53. The van der Waals surface area contributed by atoms with Gasteiger partial charge in [-0.15, -0.1) is 0 Å². The van der Waals surface area contributed by atoms with Crippen LogP contribution in [0.1, 0.15) is 66.2 Å². The molecule has 4 aliphatic carbocycles. The molecule has 5 rings (SSSR count). The van der Waals surface area contributed by atoms with Crippen molar-refractivity contribution in [3.05, 3.63) is 0 Å². The van der Waals surface area contributed by atoms with Gasteiger partial charge >= 0.3 is 7.12 Å². The zero-order chi connectivity index (χ0) is 14.1. The predicted molar refractivity (Wildman–Crippen MR) is 81.5 cm³/mol. The Morgan fingerprint density at radius 1 is 1.20 bits per heavy atom. The first-order valence-electron chi connectivity index (χ1n) is 8.74. The second-order valence-corrected chi connectivity index (χ2v) is 8.85. The fourth-order valence-electron chi connectivity index (χ4n) is 5.51. The summed E-state index contributed by atoms with van der Waals surface area (Å²) in [4.78, 5) is 0. The molecule has 5 aliphatic rings. The molecule has 0 N–H and O–H groups in total. The van der Waals surface area contributed by atoms with Gasteiger partial charge in [-0.2, -0.15) is 0 Å². The van der Waals surface area contributed by atoms with Gasteiger partial charge in [0.25, 0.3) is 0 Å². The van der Waals surface area contributed by atoms with E-state index in [1.54, 1.807) is 0 Å². The van der Waals surface area contributed by atoms with Gasteiger partial charge in [-0.25, -0.2) is 0 Å². The van der Waals surface area contributed by atoms with Crippen LogP contribution < -0.4 is 0 Å². The van der Waals surface area contributed by atoms with Gasteiger partial charge in [0.15, 0.2) is 0 Å². The lowest BCUT2D eigenvalue weighted by Gasteiger charge is -2.64. The van der Waals surface area contributed by atoms with Crippen LogP contribution in [-0.4, -0.2) is 18.8 Å². The second kappa shape index (κ2) is 4.26. The molecule has 2 nitrogen and oxygen atoms in total. The lowest BCUT2D eigenvalue weighted by atomic mass is 9.43. The molecule has 3 heteroatoms. The summed E-state index contributed by atoms with van der Waals surface area (Å²) in [6, 6.07) is 0. The second-order valence-electron chi connectivity index (χ2n) is 8.85. The number of hydrogen-bond donors (Lipinski definition) is 0. The molecule has 0 radical (unpaired) electrons. The Kier molecular flexibility index (Phi) is 2.90. The molecular weight excluding hydrogens is 247 g/mol. The van der Waals surface area contributed by atoms with Crippen LogP contribution in [0.5, 0.6) is 0 Å². The monoisotopic (exact) mass is 276 g/mol. The molecule has 1 aliphatic heterocycles. The number of rotatable bonds is 3. The van der Waals surface area contributed by atoms with Crippen LogP contribution in [0.15, 0.2) is 0 Å². The minimum absolute atomic E-state index is 0.0171. The fraction of sp³-hybridized carbons (Fsp3) is 1.00. The van der Waals surface area contributed by atoms with Crippen molar-refractivity contribution in [2.75, 3.05) is 0 Å². The van der Waals surface area contributed by atoms with Gasteiger partial charge in [-0.3, -0.25) is 0 Å². The zero-order valence-electron chi connectivity index (χ0n) is 13.5. The lowest BCUT2D eigenvalue weighted by Crippen LogP contribution is -2.65. The normalized spacial score (nSPS) is 47.4. The summed E-state index contributed by atoms with van der Waals surface area (Å²) in [5, 5.41) is 0. The summed E-state index contributed by atoms with van der Waals surface area (Å²) in [6.07, 6.45) is 8.51. The Morgan fingerprint density at radius 3 is 2.55 bits per heavy atom. The van der Waals surface area contributed by atoms with Gasteiger partial charge in [0, 0.05) is 0 Å². The van der Waals surface area contributed by atoms with Crippen LogP contribution in [0, 0.1) is 23.2 Å². The molecule has 5 unspecified atom stereocenters. The van der Waals surface area contributed by atoms with Gasteiger partial charge in [-0.1, -0.05) is 40.0 Å². The van der Waals surface area contributed by atoms with Crippen LogP contribution in [0.2, 0.25) is 5.82 Å². The quantitative estimate of drug-likeness (QED) is 0.716. The van der Waals surface area contributed by atoms with Crippen molar-refractivity contribution in [2.24, 2.45) is 23.2 Å². The van der Waals surface area contributed by atoms with Crippen LogP contribution in [0.3, 0.4) is 0 Å². The van der Waals surface area contributed by atoms with E-state index in [0.29, 0.717) is 23.3 Å². The molecule has 112 valence electrons. The van der Waals surface area contributed by atoms with Crippen molar-refractivity contribution < 1.29 is 9.31 Å². The van der Waals surface area contributed by atoms with Crippen LogP contribution in [-0.2, 0) is 9.31 Å². The third kappa shape index (κ3) is 1.72. The maximum Gasteiger partial charge on any atom is 0.460 e. The minimum atomic E-state index is -0.0171.